The van der Waals surface area contributed by atoms with Gasteiger partial charge in [-0.3, -0.25) is 14.3 Å². The second-order valence-corrected chi connectivity index (χ2v) is 11.2. The van der Waals surface area contributed by atoms with E-state index in [-0.39, 0.29) is 19.4 Å². The Morgan fingerprint density at radius 3 is 2.23 bits per heavy atom. The molecule has 1 fully saturated rings. The molecule has 0 spiro atoms. The van der Waals surface area contributed by atoms with Crippen molar-refractivity contribution < 1.29 is 9.53 Å². The molecule has 1 N–H and O–H groups in total. The number of amides is 1. The van der Waals surface area contributed by atoms with Gasteiger partial charge in [0.15, 0.2) is 5.65 Å². The lowest BCUT2D eigenvalue weighted by molar-refractivity contribution is 0.0745. The predicted octanol–water partition coefficient (Wildman–Crippen LogP) is 7.70. The minimum Gasteiger partial charge on any atom is -0.497 e. The number of hydrogen-bond donors (Lipinski definition) is 1. The molecule has 230 valence electrons. The molecule has 1 aliphatic rings. The van der Waals surface area contributed by atoms with Crippen LogP contribution in [0.5, 0.6) is 5.75 Å². The Hall–Kier alpha value is -3.91. The first-order valence-electron chi connectivity index (χ1n) is 15.4. The van der Waals surface area contributed by atoms with E-state index in [1.54, 1.807) is 7.11 Å². The van der Waals surface area contributed by atoms with E-state index in [2.05, 4.69) is 59.0 Å². The molecule has 0 saturated carbocycles. The zero-order valence-corrected chi connectivity index (χ0v) is 25.3. The molecule has 2 aromatic heterocycles. The van der Waals surface area contributed by atoms with Crippen molar-refractivity contribution in [3.8, 4) is 5.75 Å². The smallest absolute Gasteiger partial charge is 0.272 e. The van der Waals surface area contributed by atoms with E-state index >= 15 is 0 Å². The summed E-state index contributed by atoms with van der Waals surface area (Å²) >= 11 is 0. The second-order valence-electron chi connectivity index (χ2n) is 11.2. The van der Waals surface area contributed by atoms with E-state index in [9.17, 15) is 4.79 Å². The van der Waals surface area contributed by atoms with Gasteiger partial charge >= 0.3 is 0 Å². The Balaban J connectivity index is 0.00000423. The number of pyridine rings is 1. The Labute approximate surface area is 257 Å². The number of aromatic nitrogens is 3. The molecule has 1 saturated heterocycles. The van der Waals surface area contributed by atoms with Gasteiger partial charge in [-0.2, -0.15) is 0 Å². The van der Waals surface area contributed by atoms with Crippen molar-refractivity contribution in [3.63, 3.8) is 0 Å². The molecule has 3 heterocycles. The zero-order chi connectivity index (χ0) is 29.3. The fourth-order valence-corrected chi connectivity index (χ4v) is 5.68. The van der Waals surface area contributed by atoms with Crippen LogP contribution in [0.25, 0.3) is 11.2 Å². The standard InChI is InChI=1S/C34H44N6O2.CH4/c1-4-6-21-39(22-7-5-2)33(41)31-18-17-30-32(36-31)40(34(37-30)35-27-13-15-29(42-3)16-14-27)28-19-23-38(24-20-28)25-26-11-9-8-10-12-26;/h8-18,28H,4-7,19-25H2,1-3H3,(H,35,37);1H4. The van der Waals surface area contributed by atoms with Gasteiger partial charge in [-0.05, 0) is 67.6 Å². The zero-order valence-electron chi connectivity index (χ0n) is 25.3. The molecule has 0 atom stereocenters. The third-order valence-electron chi connectivity index (χ3n) is 8.12. The lowest BCUT2D eigenvalue weighted by atomic mass is 10.0. The van der Waals surface area contributed by atoms with Gasteiger partial charge < -0.3 is 15.0 Å². The van der Waals surface area contributed by atoms with Crippen LogP contribution < -0.4 is 10.1 Å². The van der Waals surface area contributed by atoms with E-state index in [0.717, 1.165) is 99.8 Å². The molecule has 5 rings (SSSR count). The normalized spacial score (nSPS) is 13.9. The highest BCUT2D eigenvalue weighted by molar-refractivity contribution is 5.94. The molecule has 8 nitrogen and oxygen atoms in total. The highest BCUT2D eigenvalue weighted by Gasteiger charge is 2.27. The fourth-order valence-electron chi connectivity index (χ4n) is 5.68. The van der Waals surface area contributed by atoms with Gasteiger partial charge in [0.1, 0.15) is 17.0 Å². The maximum Gasteiger partial charge on any atom is 0.272 e. The predicted molar refractivity (Wildman–Crippen MR) is 176 cm³/mol. The van der Waals surface area contributed by atoms with E-state index in [4.69, 9.17) is 14.7 Å². The van der Waals surface area contributed by atoms with Gasteiger partial charge in [-0.15, -0.1) is 0 Å². The van der Waals surface area contributed by atoms with Gasteiger partial charge in [0.05, 0.1) is 7.11 Å². The van der Waals surface area contributed by atoms with Crippen LogP contribution in [-0.4, -0.2) is 63.5 Å². The summed E-state index contributed by atoms with van der Waals surface area (Å²) in [5.74, 6) is 1.57. The summed E-state index contributed by atoms with van der Waals surface area (Å²) in [7, 11) is 1.67. The number of unbranched alkanes of at least 4 members (excludes halogenated alkanes) is 2. The number of piperidine rings is 1. The van der Waals surface area contributed by atoms with Crippen LogP contribution in [0.1, 0.15) is 81.9 Å². The number of nitrogens with zero attached hydrogens (tertiary/aromatic N) is 5. The van der Waals surface area contributed by atoms with Crippen molar-refractivity contribution in [2.45, 2.75) is 72.4 Å². The molecule has 0 radical (unpaired) electrons. The third kappa shape index (κ3) is 7.93. The van der Waals surface area contributed by atoms with Crippen LogP contribution in [0, 0.1) is 0 Å². The number of rotatable bonds is 13. The van der Waals surface area contributed by atoms with Gasteiger partial charge in [-0.25, -0.2) is 9.97 Å². The van der Waals surface area contributed by atoms with Crippen molar-refractivity contribution in [2.75, 3.05) is 38.6 Å². The number of benzene rings is 2. The largest absolute Gasteiger partial charge is 0.497 e. The third-order valence-corrected chi connectivity index (χ3v) is 8.12. The van der Waals surface area contributed by atoms with Crippen LogP contribution >= 0.6 is 0 Å². The van der Waals surface area contributed by atoms with Crippen molar-refractivity contribution in [2.24, 2.45) is 0 Å². The summed E-state index contributed by atoms with van der Waals surface area (Å²) in [6.07, 6.45) is 6.06. The minimum atomic E-state index is 0. The van der Waals surface area contributed by atoms with Crippen molar-refractivity contribution >= 4 is 28.7 Å². The van der Waals surface area contributed by atoms with Gasteiger partial charge in [0.2, 0.25) is 5.95 Å². The van der Waals surface area contributed by atoms with E-state index < -0.39 is 0 Å². The average Bonchev–Trinajstić information content (AvgIpc) is 3.39. The summed E-state index contributed by atoms with van der Waals surface area (Å²) in [6, 6.07) is 22.5. The number of carbonyl (C=O) groups is 1. The maximum absolute atomic E-state index is 13.7. The number of carbonyl (C=O) groups excluding carboxylic acids is 1. The molecule has 1 amide bonds. The van der Waals surface area contributed by atoms with E-state index in [1.807, 2.05) is 41.3 Å². The fraction of sp³-hybridized carbons (Fsp3) is 0.457. The molecular formula is C35H48N6O2. The number of methoxy groups -OCH3 is 1. The number of anilines is 2. The number of fused-ring (bicyclic) bond motifs is 1. The summed E-state index contributed by atoms with van der Waals surface area (Å²) in [6.45, 7) is 8.78. The highest BCUT2D eigenvalue weighted by Crippen LogP contribution is 2.33. The topological polar surface area (TPSA) is 75.5 Å². The molecule has 2 aromatic carbocycles. The molecule has 8 heteroatoms. The Kier molecular flexibility index (Phi) is 11.6. The first-order valence-corrected chi connectivity index (χ1v) is 15.4. The van der Waals surface area contributed by atoms with Crippen molar-refractivity contribution in [3.05, 3.63) is 78.0 Å². The average molecular weight is 585 g/mol. The minimum absolute atomic E-state index is 0. The van der Waals surface area contributed by atoms with Crippen LogP contribution in [0.4, 0.5) is 11.6 Å². The van der Waals surface area contributed by atoms with Crippen LogP contribution in [-0.2, 0) is 6.54 Å². The SMILES string of the molecule is C.CCCCN(CCCC)C(=O)c1ccc2nc(Nc3ccc(OC)cc3)n(C3CCN(Cc4ccccc4)CC3)c2n1. The summed E-state index contributed by atoms with van der Waals surface area (Å²) in [5, 5.41) is 3.54. The molecule has 0 unspecified atom stereocenters. The number of hydrogen-bond acceptors (Lipinski definition) is 6. The van der Waals surface area contributed by atoms with Crippen molar-refractivity contribution in [1.29, 1.82) is 0 Å². The lowest BCUT2D eigenvalue weighted by Crippen LogP contribution is -2.35. The number of likely N-dealkylation sites (tertiary alicyclic amines) is 1. The summed E-state index contributed by atoms with van der Waals surface area (Å²) in [5.41, 5.74) is 4.32. The Morgan fingerprint density at radius 2 is 1.60 bits per heavy atom. The summed E-state index contributed by atoms with van der Waals surface area (Å²) in [4.78, 5) is 28.1. The molecule has 43 heavy (non-hydrogen) atoms. The van der Waals surface area contributed by atoms with Crippen LogP contribution in [0.2, 0.25) is 0 Å². The van der Waals surface area contributed by atoms with E-state index in [1.165, 1.54) is 5.56 Å². The number of ether oxygens (including phenoxy) is 1. The molecular weight excluding hydrogens is 536 g/mol. The Morgan fingerprint density at radius 1 is 0.930 bits per heavy atom. The van der Waals surface area contributed by atoms with Crippen LogP contribution in [0.3, 0.4) is 0 Å². The number of imidazole rings is 1. The first-order chi connectivity index (χ1) is 20.6. The van der Waals surface area contributed by atoms with Gasteiger partial charge in [0.25, 0.3) is 5.91 Å². The van der Waals surface area contributed by atoms with Crippen LogP contribution in [0.15, 0.2) is 66.7 Å². The number of nitrogens with one attached hydrogen (secondary N) is 1. The molecule has 1 aliphatic heterocycles. The quantitative estimate of drug-likeness (QED) is 0.174. The van der Waals surface area contributed by atoms with Gasteiger partial charge in [0, 0.05) is 44.5 Å². The summed E-state index contributed by atoms with van der Waals surface area (Å²) < 4.78 is 7.58. The lowest BCUT2D eigenvalue weighted by Gasteiger charge is -2.33. The van der Waals surface area contributed by atoms with Gasteiger partial charge in [-0.1, -0.05) is 64.4 Å². The molecule has 4 aromatic rings. The maximum atomic E-state index is 13.7. The highest BCUT2D eigenvalue weighted by atomic mass is 16.5. The first kappa shape index (κ1) is 32.0. The van der Waals surface area contributed by atoms with E-state index in [0.29, 0.717) is 5.69 Å². The second kappa shape index (κ2) is 15.5. The monoisotopic (exact) mass is 584 g/mol. The molecule has 0 aliphatic carbocycles. The van der Waals surface area contributed by atoms with Crippen molar-refractivity contribution in [1.82, 2.24) is 24.3 Å². The molecule has 0 bridgehead atoms. The Bertz CT molecular complexity index is 1420.